The molecule has 0 fully saturated rings. The first-order chi connectivity index (χ1) is 15.0. The summed E-state index contributed by atoms with van der Waals surface area (Å²) in [6.45, 7) is 6.74. The highest BCUT2D eigenvalue weighted by Gasteiger charge is 2.22. The number of aromatic nitrogens is 6. The number of imidazole rings is 1. The fourth-order valence-corrected chi connectivity index (χ4v) is 3.58. The molecule has 162 valence electrons. The lowest BCUT2D eigenvalue weighted by Gasteiger charge is -2.18. The molecule has 0 saturated heterocycles. The first kappa shape index (κ1) is 21.1. The molecule has 4 aromatic rings. The topological polar surface area (TPSA) is 115 Å². The van der Waals surface area contributed by atoms with Crippen molar-refractivity contribution in [3.05, 3.63) is 59.7 Å². The van der Waals surface area contributed by atoms with Gasteiger partial charge in [0.2, 0.25) is 11.8 Å². The molecule has 0 spiro atoms. The summed E-state index contributed by atoms with van der Waals surface area (Å²) < 4.78 is 11.2. The van der Waals surface area contributed by atoms with Gasteiger partial charge in [0, 0.05) is 24.2 Å². The fraction of sp³-hybridized carbons (Fsp3) is 0.381. The van der Waals surface area contributed by atoms with E-state index >= 15 is 0 Å². The van der Waals surface area contributed by atoms with E-state index in [1.54, 1.807) is 23.9 Å². The Morgan fingerprint density at radius 3 is 2.84 bits per heavy atom. The van der Waals surface area contributed by atoms with Crippen molar-refractivity contribution in [2.45, 2.75) is 45.3 Å². The monoisotopic (exact) mass is 439 g/mol. The minimum Gasteiger partial charge on any atom is -0.371 e. The molecule has 0 aliphatic heterocycles. The Bertz CT molecular complexity index is 1070. The second-order valence-corrected chi connectivity index (χ2v) is 9.08. The van der Waals surface area contributed by atoms with Gasteiger partial charge < -0.3 is 19.6 Å². The van der Waals surface area contributed by atoms with Crippen molar-refractivity contribution in [1.29, 1.82) is 0 Å². The number of hydrogen-bond acceptors (Lipinski definition) is 9. The number of thiophene rings is 1. The van der Waals surface area contributed by atoms with Crippen LogP contribution in [0.2, 0.25) is 0 Å². The molecule has 0 aliphatic rings. The Morgan fingerprint density at radius 1 is 1.23 bits per heavy atom. The highest BCUT2D eigenvalue weighted by Crippen LogP contribution is 2.23. The number of hydrogen-bond donors (Lipinski definition) is 2. The van der Waals surface area contributed by atoms with Crippen LogP contribution in [0.25, 0.3) is 10.6 Å². The predicted molar refractivity (Wildman–Crippen MR) is 118 cm³/mol. The lowest BCUT2D eigenvalue weighted by molar-refractivity contribution is 0.105. The molecular weight excluding hydrogens is 414 g/mol. The lowest BCUT2D eigenvalue weighted by Crippen LogP contribution is -2.29. The van der Waals surface area contributed by atoms with Crippen LogP contribution in [-0.4, -0.2) is 42.7 Å². The van der Waals surface area contributed by atoms with Gasteiger partial charge in [-0.05, 0) is 17.5 Å². The summed E-state index contributed by atoms with van der Waals surface area (Å²) in [5.41, 5.74) is 1.61. The number of anilines is 1. The molecule has 31 heavy (non-hydrogen) atoms. The van der Waals surface area contributed by atoms with Crippen LogP contribution >= 0.6 is 11.3 Å². The second kappa shape index (κ2) is 9.36. The molecule has 4 rings (SSSR count). The number of aromatic amines is 1. The quantitative estimate of drug-likeness (QED) is 0.404. The maximum Gasteiger partial charge on any atom is 0.232 e. The molecule has 0 radical (unpaired) electrons. The molecule has 1 unspecified atom stereocenters. The van der Waals surface area contributed by atoms with E-state index in [1.807, 2.05) is 50.5 Å². The SMILES string of the molecule is CC(C)(C)c1nc(COCC(Cc2c[nH]cn2)Nc2nccc(-c3cccs3)n2)no1. The Kier molecular flexibility index (Phi) is 6.38. The fourth-order valence-electron chi connectivity index (χ4n) is 2.89. The van der Waals surface area contributed by atoms with Crippen LogP contribution in [0.15, 0.2) is 46.8 Å². The summed E-state index contributed by atoms with van der Waals surface area (Å²) in [6, 6.07) is 5.86. The largest absolute Gasteiger partial charge is 0.371 e. The summed E-state index contributed by atoms with van der Waals surface area (Å²) in [7, 11) is 0. The summed E-state index contributed by atoms with van der Waals surface area (Å²) in [5, 5.41) is 9.41. The number of H-pyrrole nitrogens is 1. The van der Waals surface area contributed by atoms with Crippen molar-refractivity contribution in [2.24, 2.45) is 0 Å². The van der Waals surface area contributed by atoms with Crippen molar-refractivity contribution in [2.75, 3.05) is 11.9 Å². The van der Waals surface area contributed by atoms with Gasteiger partial charge in [-0.25, -0.2) is 15.0 Å². The van der Waals surface area contributed by atoms with E-state index in [0.717, 1.165) is 16.3 Å². The van der Waals surface area contributed by atoms with Crippen molar-refractivity contribution in [1.82, 2.24) is 30.1 Å². The summed E-state index contributed by atoms with van der Waals surface area (Å²) in [6.07, 6.45) is 5.93. The highest BCUT2D eigenvalue weighted by atomic mass is 32.1. The first-order valence-electron chi connectivity index (χ1n) is 9.99. The van der Waals surface area contributed by atoms with Gasteiger partial charge in [-0.3, -0.25) is 0 Å². The van der Waals surface area contributed by atoms with Crippen molar-refractivity contribution in [3.8, 4) is 10.6 Å². The zero-order valence-corrected chi connectivity index (χ0v) is 18.5. The average Bonchev–Trinajstić information content (AvgIpc) is 3.50. The second-order valence-electron chi connectivity index (χ2n) is 8.13. The summed E-state index contributed by atoms with van der Waals surface area (Å²) in [4.78, 5) is 21.8. The molecule has 0 amide bonds. The number of rotatable bonds is 9. The molecule has 4 aromatic heterocycles. The molecule has 2 N–H and O–H groups in total. The Labute approximate surface area is 184 Å². The Morgan fingerprint density at radius 2 is 2.13 bits per heavy atom. The van der Waals surface area contributed by atoms with E-state index in [2.05, 4.69) is 35.4 Å². The summed E-state index contributed by atoms with van der Waals surface area (Å²) in [5.74, 6) is 1.67. The maximum absolute atomic E-state index is 5.89. The number of nitrogens with one attached hydrogen (secondary N) is 2. The van der Waals surface area contributed by atoms with E-state index in [1.165, 1.54) is 0 Å². The minimum absolute atomic E-state index is 0.0872. The van der Waals surface area contributed by atoms with E-state index in [4.69, 9.17) is 9.26 Å². The standard InChI is InChI=1S/C21H25N7O2S/c1-21(2,3)19-27-18(28-30-19)12-29-11-15(9-14-10-22-13-24-14)25-20-23-7-6-16(26-20)17-5-4-8-31-17/h4-8,10,13,15H,9,11-12H2,1-3H3,(H,22,24)(H,23,25,26). The minimum atomic E-state index is -0.194. The third kappa shape index (κ3) is 5.74. The van der Waals surface area contributed by atoms with E-state index < -0.39 is 0 Å². The summed E-state index contributed by atoms with van der Waals surface area (Å²) >= 11 is 1.64. The third-order valence-corrected chi connectivity index (χ3v) is 5.33. The van der Waals surface area contributed by atoms with Crippen LogP contribution in [0.1, 0.15) is 38.2 Å². The predicted octanol–water partition coefficient (Wildman–Crippen LogP) is 3.85. The third-order valence-electron chi connectivity index (χ3n) is 4.43. The van der Waals surface area contributed by atoms with Crippen molar-refractivity contribution < 1.29 is 9.26 Å². The van der Waals surface area contributed by atoms with Gasteiger partial charge in [0.15, 0.2) is 5.82 Å². The van der Waals surface area contributed by atoms with Gasteiger partial charge in [0.25, 0.3) is 0 Å². The Hall–Kier alpha value is -3.11. The molecule has 0 saturated carbocycles. The van der Waals surface area contributed by atoms with E-state index in [-0.39, 0.29) is 18.1 Å². The average molecular weight is 440 g/mol. The van der Waals surface area contributed by atoms with Gasteiger partial charge in [-0.1, -0.05) is 32.0 Å². The van der Waals surface area contributed by atoms with Crippen LogP contribution < -0.4 is 5.32 Å². The number of nitrogens with zero attached hydrogens (tertiary/aromatic N) is 5. The first-order valence-corrected chi connectivity index (χ1v) is 10.9. The van der Waals surface area contributed by atoms with Crippen LogP contribution in [0.4, 0.5) is 5.95 Å². The smallest absolute Gasteiger partial charge is 0.232 e. The Balaban J connectivity index is 1.41. The zero-order chi connectivity index (χ0) is 21.7. The molecule has 9 nitrogen and oxygen atoms in total. The van der Waals surface area contributed by atoms with Gasteiger partial charge in [0.1, 0.15) is 6.61 Å². The van der Waals surface area contributed by atoms with Gasteiger partial charge in [-0.15, -0.1) is 11.3 Å². The van der Waals surface area contributed by atoms with Crippen LogP contribution in [0.3, 0.4) is 0 Å². The maximum atomic E-state index is 5.89. The molecule has 1 atom stereocenters. The van der Waals surface area contributed by atoms with Crippen molar-refractivity contribution in [3.63, 3.8) is 0 Å². The van der Waals surface area contributed by atoms with Crippen LogP contribution in [-0.2, 0) is 23.2 Å². The lowest BCUT2D eigenvalue weighted by atomic mass is 9.97. The molecule has 4 heterocycles. The van der Waals surface area contributed by atoms with Crippen molar-refractivity contribution >= 4 is 17.3 Å². The molecular formula is C21H25N7O2S. The van der Waals surface area contributed by atoms with Gasteiger partial charge in [0.05, 0.1) is 35.2 Å². The van der Waals surface area contributed by atoms with Gasteiger partial charge >= 0.3 is 0 Å². The normalized spacial score (nSPS) is 12.7. The molecule has 0 aliphatic carbocycles. The van der Waals surface area contributed by atoms with E-state index in [9.17, 15) is 0 Å². The molecule has 10 heteroatoms. The van der Waals surface area contributed by atoms with E-state index in [0.29, 0.717) is 30.7 Å². The van der Waals surface area contributed by atoms with Gasteiger partial charge in [-0.2, -0.15) is 4.98 Å². The molecule has 0 aromatic carbocycles. The number of ether oxygens (including phenoxy) is 1. The zero-order valence-electron chi connectivity index (χ0n) is 17.7. The van der Waals surface area contributed by atoms with Crippen LogP contribution in [0, 0.1) is 0 Å². The molecule has 0 bridgehead atoms. The van der Waals surface area contributed by atoms with Crippen LogP contribution in [0.5, 0.6) is 0 Å². The highest BCUT2D eigenvalue weighted by molar-refractivity contribution is 7.13.